The van der Waals surface area contributed by atoms with E-state index in [0.29, 0.717) is 0 Å². The van der Waals surface area contributed by atoms with Gasteiger partial charge >= 0.3 is 0 Å². The molecule has 2 nitrogen and oxygen atoms in total. The van der Waals surface area contributed by atoms with Gasteiger partial charge in [-0.25, -0.2) is 0 Å². The quantitative estimate of drug-likeness (QED) is 0.655. The molecule has 0 radical (unpaired) electrons. The Morgan fingerprint density at radius 1 is 1.15 bits per heavy atom. The molecule has 0 amide bonds. The average Bonchev–Trinajstić information content (AvgIpc) is 3.27. The molecule has 2 fully saturated rings. The van der Waals surface area contributed by atoms with Gasteiger partial charge in [-0.3, -0.25) is 4.90 Å². The molecule has 0 aromatic carbocycles. The fourth-order valence-corrected chi connectivity index (χ4v) is 3.99. The van der Waals surface area contributed by atoms with Crippen LogP contribution in [-0.4, -0.2) is 48.6 Å². The lowest BCUT2D eigenvalue weighted by Gasteiger charge is -2.42. The van der Waals surface area contributed by atoms with Crippen LogP contribution in [0.4, 0.5) is 0 Å². The lowest BCUT2D eigenvalue weighted by molar-refractivity contribution is 0.0904. The van der Waals surface area contributed by atoms with Crippen LogP contribution in [-0.2, 0) is 0 Å². The zero-order valence-corrected chi connectivity index (χ0v) is 14.6. The average molecular weight is 299 g/mol. The van der Waals surface area contributed by atoms with Crippen molar-refractivity contribution < 1.29 is 0 Å². The molecule has 1 saturated heterocycles. The second kappa shape index (κ2) is 8.65. The summed E-state index contributed by atoms with van der Waals surface area (Å²) in [7, 11) is 0. The highest BCUT2D eigenvalue weighted by Crippen LogP contribution is 2.34. The zero-order chi connectivity index (χ0) is 14.4. The number of piperazine rings is 1. The van der Waals surface area contributed by atoms with Gasteiger partial charge in [-0.05, 0) is 56.1 Å². The van der Waals surface area contributed by atoms with Crippen LogP contribution in [0.2, 0.25) is 0 Å². The molecule has 2 unspecified atom stereocenters. The Labute approximate surface area is 130 Å². The Kier molecular flexibility index (Phi) is 7.20. The minimum atomic E-state index is 0.760. The lowest BCUT2D eigenvalue weighted by atomic mass is 9.96. The molecule has 2 rings (SSSR count). The molecule has 3 heteroatoms. The van der Waals surface area contributed by atoms with Crippen molar-refractivity contribution in [1.29, 1.82) is 0 Å². The van der Waals surface area contributed by atoms with E-state index in [1.165, 1.54) is 63.9 Å². The van der Waals surface area contributed by atoms with Crippen LogP contribution in [0.1, 0.15) is 52.4 Å². The molecule has 0 aromatic heterocycles. The number of hydrogen-bond donors (Lipinski definition) is 1. The van der Waals surface area contributed by atoms with Gasteiger partial charge in [0.05, 0.1) is 0 Å². The summed E-state index contributed by atoms with van der Waals surface area (Å²) in [5.74, 6) is 3.11. The van der Waals surface area contributed by atoms with Crippen LogP contribution in [0.5, 0.6) is 0 Å². The van der Waals surface area contributed by atoms with Gasteiger partial charge in [0.2, 0.25) is 0 Å². The van der Waals surface area contributed by atoms with Gasteiger partial charge in [-0.1, -0.05) is 26.7 Å². The summed E-state index contributed by atoms with van der Waals surface area (Å²) in [6.07, 6.45) is 10.8. The molecule has 1 saturated carbocycles. The Bertz CT molecular complexity index is 266. The Hall–Kier alpha value is 0.270. The van der Waals surface area contributed by atoms with Crippen molar-refractivity contribution in [1.82, 2.24) is 10.2 Å². The zero-order valence-electron chi connectivity index (χ0n) is 13.7. The van der Waals surface area contributed by atoms with E-state index in [9.17, 15) is 0 Å². The molecule has 0 aromatic rings. The maximum absolute atomic E-state index is 3.82. The number of thioether (sulfide) groups is 1. The van der Waals surface area contributed by atoms with Crippen molar-refractivity contribution in [3.05, 3.63) is 0 Å². The number of nitrogens with zero attached hydrogens (tertiary/aromatic N) is 1. The van der Waals surface area contributed by atoms with Crippen molar-refractivity contribution >= 4 is 11.8 Å². The monoisotopic (exact) mass is 298 g/mol. The van der Waals surface area contributed by atoms with Crippen molar-refractivity contribution in [2.24, 2.45) is 11.8 Å². The lowest BCUT2D eigenvalue weighted by Crippen LogP contribution is -2.59. The number of hydrogen-bond acceptors (Lipinski definition) is 3. The number of nitrogens with one attached hydrogen (secondary N) is 1. The molecular weight excluding hydrogens is 264 g/mol. The third-order valence-corrected chi connectivity index (χ3v) is 5.69. The molecule has 1 heterocycles. The van der Waals surface area contributed by atoms with Gasteiger partial charge in [0.25, 0.3) is 0 Å². The molecule has 1 N–H and O–H groups in total. The second-order valence-electron chi connectivity index (χ2n) is 7.07. The van der Waals surface area contributed by atoms with Crippen LogP contribution >= 0.6 is 11.8 Å². The summed E-state index contributed by atoms with van der Waals surface area (Å²) in [6, 6.07) is 1.55. The topological polar surface area (TPSA) is 15.3 Å². The van der Waals surface area contributed by atoms with Gasteiger partial charge in [0.1, 0.15) is 0 Å². The summed E-state index contributed by atoms with van der Waals surface area (Å²) >= 11 is 1.98. The molecule has 2 aliphatic rings. The van der Waals surface area contributed by atoms with Crippen molar-refractivity contribution in [3.8, 4) is 0 Å². The third-order valence-electron chi connectivity index (χ3n) is 4.99. The Morgan fingerprint density at radius 2 is 1.90 bits per heavy atom. The van der Waals surface area contributed by atoms with E-state index < -0.39 is 0 Å². The van der Waals surface area contributed by atoms with E-state index in [0.717, 1.165) is 23.9 Å². The SMILES string of the molecule is CSCCCCCCN1CC(C2CC2)NCC1C(C)C. The Balaban J connectivity index is 1.69. The number of rotatable bonds is 9. The predicted molar refractivity (Wildman–Crippen MR) is 91.6 cm³/mol. The standard InChI is InChI=1S/C17H34N2S/c1-14(2)17-12-18-16(15-8-9-15)13-19(17)10-6-4-5-7-11-20-3/h14-18H,4-13H2,1-3H3. The molecule has 1 aliphatic heterocycles. The minimum absolute atomic E-state index is 0.760. The largest absolute Gasteiger partial charge is 0.311 e. The maximum Gasteiger partial charge on any atom is 0.0244 e. The van der Waals surface area contributed by atoms with E-state index in [1.807, 2.05) is 11.8 Å². The molecule has 0 bridgehead atoms. The third kappa shape index (κ3) is 5.23. The van der Waals surface area contributed by atoms with Gasteiger partial charge < -0.3 is 5.32 Å². The first-order chi connectivity index (χ1) is 9.72. The highest BCUT2D eigenvalue weighted by Gasteiger charge is 2.37. The minimum Gasteiger partial charge on any atom is -0.311 e. The highest BCUT2D eigenvalue weighted by atomic mass is 32.2. The molecule has 0 spiro atoms. The van der Waals surface area contributed by atoms with Gasteiger partial charge in [-0.15, -0.1) is 0 Å². The van der Waals surface area contributed by atoms with Crippen molar-refractivity contribution in [3.63, 3.8) is 0 Å². The highest BCUT2D eigenvalue weighted by molar-refractivity contribution is 7.98. The van der Waals surface area contributed by atoms with Crippen LogP contribution in [0.15, 0.2) is 0 Å². The first kappa shape index (κ1) is 16.6. The summed E-state index contributed by atoms with van der Waals surface area (Å²) in [4.78, 5) is 2.80. The van der Waals surface area contributed by atoms with Gasteiger partial charge in [0, 0.05) is 25.2 Å². The smallest absolute Gasteiger partial charge is 0.0244 e. The summed E-state index contributed by atoms with van der Waals surface area (Å²) in [5.41, 5.74) is 0. The Morgan fingerprint density at radius 3 is 2.55 bits per heavy atom. The van der Waals surface area contributed by atoms with Gasteiger partial charge in [-0.2, -0.15) is 11.8 Å². The van der Waals surface area contributed by atoms with E-state index >= 15 is 0 Å². The molecule has 118 valence electrons. The first-order valence-electron chi connectivity index (χ1n) is 8.68. The van der Waals surface area contributed by atoms with E-state index in [4.69, 9.17) is 0 Å². The van der Waals surface area contributed by atoms with E-state index in [1.54, 1.807) is 0 Å². The van der Waals surface area contributed by atoms with E-state index in [2.05, 4.69) is 30.3 Å². The van der Waals surface area contributed by atoms with Crippen molar-refractivity contribution in [2.45, 2.75) is 64.5 Å². The molecule has 1 aliphatic carbocycles. The van der Waals surface area contributed by atoms with Crippen LogP contribution in [0.25, 0.3) is 0 Å². The molecule has 2 atom stereocenters. The molecular formula is C17H34N2S. The summed E-state index contributed by atoms with van der Waals surface area (Å²) in [6.45, 7) is 8.61. The fraction of sp³-hybridized carbons (Fsp3) is 1.00. The van der Waals surface area contributed by atoms with Gasteiger partial charge in [0.15, 0.2) is 0 Å². The summed E-state index contributed by atoms with van der Waals surface area (Å²) in [5, 5.41) is 3.82. The van der Waals surface area contributed by atoms with Crippen LogP contribution < -0.4 is 5.32 Å². The normalized spacial score (nSPS) is 28.2. The first-order valence-corrected chi connectivity index (χ1v) is 10.1. The number of unbranched alkanes of at least 4 members (excludes halogenated alkanes) is 3. The van der Waals surface area contributed by atoms with E-state index in [-0.39, 0.29) is 0 Å². The van der Waals surface area contributed by atoms with Crippen LogP contribution in [0.3, 0.4) is 0 Å². The predicted octanol–water partition coefficient (Wildman–Crippen LogP) is 3.62. The molecule has 20 heavy (non-hydrogen) atoms. The maximum atomic E-state index is 3.82. The van der Waals surface area contributed by atoms with Crippen molar-refractivity contribution in [2.75, 3.05) is 31.6 Å². The van der Waals surface area contributed by atoms with Crippen LogP contribution in [0, 0.1) is 11.8 Å². The second-order valence-corrected chi connectivity index (χ2v) is 8.05. The summed E-state index contributed by atoms with van der Waals surface area (Å²) < 4.78 is 0. The fourth-order valence-electron chi connectivity index (χ4n) is 3.50.